The van der Waals surface area contributed by atoms with E-state index in [0.717, 1.165) is 24.1 Å². The summed E-state index contributed by atoms with van der Waals surface area (Å²) in [5, 5.41) is 4.63. The van der Waals surface area contributed by atoms with E-state index in [1.807, 2.05) is 36.7 Å². The lowest BCUT2D eigenvalue weighted by Gasteiger charge is -2.18. The fourth-order valence-electron chi connectivity index (χ4n) is 5.25. The van der Waals surface area contributed by atoms with E-state index in [1.165, 1.54) is 4.90 Å². The van der Waals surface area contributed by atoms with Crippen molar-refractivity contribution in [2.75, 3.05) is 19.1 Å². The second-order valence-electron chi connectivity index (χ2n) is 8.22. The number of fused-ring (bicyclic) bond motifs is 5. The normalized spacial score (nSPS) is 27.1. The number of carbonyl (C=O) groups excluding carboxylic acids is 2. The van der Waals surface area contributed by atoms with Crippen molar-refractivity contribution in [3.05, 3.63) is 35.2 Å². The first-order valence-electron chi connectivity index (χ1n) is 10.2. The molecular formula is C22H25N3O5. The smallest absolute Gasteiger partial charge is 0.240 e. The third kappa shape index (κ3) is 2.59. The third-order valence-corrected chi connectivity index (χ3v) is 6.63. The summed E-state index contributed by atoms with van der Waals surface area (Å²) in [4.78, 5) is 27.7. The Morgan fingerprint density at radius 3 is 2.27 bits per heavy atom. The Kier molecular flexibility index (Phi) is 4.36. The van der Waals surface area contributed by atoms with Crippen LogP contribution in [0.3, 0.4) is 0 Å². The first kappa shape index (κ1) is 19.1. The molecule has 1 aromatic carbocycles. The number of rotatable bonds is 5. The quantitative estimate of drug-likeness (QED) is 0.702. The zero-order chi connectivity index (χ0) is 21.2. The van der Waals surface area contributed by atoms with Crippen LogP contribution in [0.5, 0.6) is 11.5 Å². The van der Waals surface area contributed by atoms with Gasteiger partial charge in [-0.2, -0.15) is 5.10 Å². The molecule has 5 rings (SSSR count). The van der Waals surface area contributed by atoms with E-state index in [9.17, 15) is 9.59 Å². The molecule has 0 spiro atoms. The number of amides is 2. The van der Waals surface area contributed by atoms with Crippen molar-refractivity contribution in [3.63, 3.8) is 0 Å². The molecular weight excluding hydrogens is 386 g/mol. The summed E-state index contributed by atoms with van der Waals surface area (Å²) in [5.74, 6) is 0.327. The number of nitrogens with zero attached hydrogens (tertiary/aromatic N) is 3. The lowest BCUT2D eigenvalue weighted by Crippen LogP contribution is -2.35. The van der Waals surface area contributed by atoms with E-state index in [4.69, 9.17) is 14.2 Å². The van der Waals surface area contributed by atoms with Gasteiger partial charge in [-0.25, -0.2) is 4.90 Å². The van der Waals surface area contributed by atoms with Crippen molar-refractivity contribution in [1.82, 2.24) is 9.78 Å². The van der Waals surface area contributed by atoms with Gasteiger partial charge >= 0.3 is 0 Å². The molecule has 0 aliphatic carbocycles. The number of carbonyl (C=O) groups is 2. The van der Waals surface area contributed by atoms with E-state index in [0.29, 0.717) is 29.4 Å². The maximum Gasteiger partial charge on any atom is 0.240 e. The number of benzene rings is 1. The molecule has 3 aliphatic heterocycles. The second-order valence-corrected chi connectivity index (χ2v) is 8.22. The number of aromatic nitrogens is 2. The van der Waals surface area contributed by atoms with Crippen molar-refractivity contribution in [3.8, 4) is 11.5 Å². The van der Waals surface area contributed by atoms with Crippen LogP contribution >= 0.6 is 0 Å². The van der Waals surface area contributed by atoms with Gasteiger partial charge in [0, 0.05) is 0 Å². The standard InChI is InChI=1S/C22H25N3O5/c1-11-20(25-21(26)18-15-7-8-16(30-15)19(18)22(25)27)12(2)24(23-11)10-13-5-6-14(28-3)17(9-13)29-4/h5-6,9,15-16,18-19H,7-8,10H2,1-4H3/t15-,16-,18+,19+/m1/s1. The van der Waals surface area contributed by atoms with Crippen LogP contribution in [0.25, 0.3) is 0 Å². The maximum absolute atomic E-state index is 13.2. The van der Waals surface area contributed by atoms with E-state index in [1.54, 1.807) is 14.2 Å². The van der Waals surface area contributed by atoms with Crippen molar-refractivity contribution in [1.29, 1.82) is 0 Å². The molecule has 4 atom stereocenters. The molecule has 2 amide bonds. The molecule has 30 heavy (non-hydrogen) atoms. The predicted molar refractivity (Wildman–Crippen MR) is 108 cm³/mol. The summed E-state index contributed by atoms with van der Waals surface area (Å²) >= 11 is 0. The minimum Gasteiger partial charge on any atom is -0.493 e. The number of ether oxygens (including phenoxy) is 3. The summed E-state index contributed by atoms with van der Waals surface area (Å²) in [6.07, 6.45) is 1.47. The Bertz CT molecular complexity index is 1020. The number of methoxy groups -OCH3 is 2. The fourth-order valence-corrected chi connectivity index (χ4v) is 5.25. The molecule has 0 unspecified atom stereocenters. The van der Waals surface area contributed by atoms with Gasteiger partial charge < -0.3 is 14.2 Å². The molecule has 3 aliphatic rings. The van der Waals surface area contributed by atoms with E-state index in [-0.39, 0.29) is 35.9 Å². The van der Waals surface area contributed by atoms with Crippen molar-refractivity contribution < 1.29 is 23.8 Å². The Morgan fingerprint density at radius 1 is 1.03 bits per heavy atom. The van der Waals surface area contributed by atoms with Gasteiger partial charge in [-0.15, -0.1) is 0 Å². The number of hydrogen-bond donors (Lipinski definition) is 0. The lowest BCUT2D eigenvalue weighted by molar-refractivity contribution is -0.124. The Balaban J connectivity index is 1.46. The molecule has 8 heteroatoms. The molecule has 0 saturated carbocycles. The van der Waals surface area contributed by atoms with Crippen molar-refractivity contribution >= 4 is 17.5 Å². The SMILES string of the molecule is COc1ccc(Cn2nc(C)c(N3C(=O)[C@@H]4[C@@H](C3=O)[C@H]3CC[C@H]4O3)c2C)cc1OC. The monoisotopic (exact) mass is 411 g/mol. The molecule has 2 bridgehead atoms. The van der Waals surface area contributed by atoms with E-state index >= 15 is 0 Å². The third-order valence-electron chi connectivity index (χ3n) is 6.63. The van der Waals surface area contributed by atoms with Gasteiger partial charge in [0.1, 0.15) is 0 Å². The van der Waals surface area contributed by atoms with Crippen molar-refractivity contribution in [2.24, 2.45) is 11.8 Å². The van der Waals surface area contributed by atoms with Gasteiger partial charge in [-0.1, -0.05) is 6.07 Å². The van der Waals surface area contributed by atoms with Crippen LogP contribution < -0.4 is 14.4 Å². The summed E-state index contributed by atoms with van der Waals surface area (Å²) in [7, 11) is 3.20. The first-order valence-corrected chi connectivity index (χ1v) is 10.2. The fraction of sp³-hybridized carbons (Fsp3) is 0.500. The Hall–Kier alpha value is -2.87. The molecule has 1 aromatic heterocycles. The largest absolute Gasteiger partial charge is 0.493 e. The summed E-state index contributed by atoms with van der Waals surface area (Å²) in [6, 6.07) is 5.70. The summed E-state index contributed by atoms with van der Waals surface area (Å²) in [5.41, 5.74) is 3.05. The first-order chi connectivity index (χ1) is 14.4. The molecule has 0 N–H and O–H groups in total. The van der Waals surface area contributed by atoms with Gasteiger partial charge in [0.15, 0.2) is 11.5 Å². The van der Waals surface area contributed by atoms with Gasteiger partial charge in [0.05, 0.1) is 61.9 Å². The molecule has 3 saturated heterocycles. The second kappa shape index (κ2) is 6.84. The van der Waals surface area contributed by atoms with Gasteiger partial charge in [0.2, 0.25) is 11.8 Å². The highest BCUT2D eigenvalue weighted by Crippen LogP contribution is 2.50. The molecule has 4 heterocycles. The van der Waals surface area contributed by atoms with Crippen molar-refractivity contribution in [2.45, 2.75) is 45.4 Å². The topological polar surface area (TPSA) is 82.9 Å². The van der Waals surface area contributed by atoms with Crippen LogP contribution in [0.15, 0.2) is 18.2 Å². The highest BCUT2D eigenvalue weighted by Gasteiger charge is 2.63. The highest BCUT2D eigenvalue weighted by molar-refractivity contribution is 6.23. The number of hydrogen-bond acceptors (Lipinski definition) is 6. The van der Waals surface area contributed by atoms with Gasteiger partial charge in [0.25, 0.3) is 0 Å². The molecule has 0 radical (unpaired) electrons. The van der Waals surface area contributed by atoms with Crippen LogP contribution in [0.1, 0.15) is 29.8 Å². The Morgan fingerprint density at radius 2 is 1.67 bits per heavy atom. The minimum atomic E-state index is -0.343. The predicted octanol–water partition coefficient (Wildman–Crippen LogP) is 2.23. The molecule has 158 valence electrons. The average Bonchev–Trinajstić information content (AvgIpc) is 3.47. The van der Waals surface area contributed by atoms with Crippen LogP contribution in [0.2, 0.25) is 0 Å². The number of imide groups is 1. The number of aryl methyl sites for hydroxylation is 1. The number of anilines is 1. The lowest BCUT2D eigenvalue weighted by atomic mass is 9.81. The highest BCUT2D eigenvalue weighted by atomic mass is 16.5. The molecule has 3 fully saturated rings. The van der Waals surface area contributed by atoms with Gasteiger partial charge in [-0.05, 0) is 44.4 Å². The zero-order valence-corrected chi connectivity index (χ0v) is 17.5. The Labute approximate surface area is 174 Å². The van der Waals surface area contributed by atoms with Crippen LogP contribution in [-0.2, 0) is 20.9 Å². The molecule has 2 aromatic rings. The summed E-state index contributed by atoms with van der Waals surface area (Å²) in [6.45, 7) is 4.23. The summed E-state index contributed by atoms with van der Waals surface area (Å²) < 4.78 is 18.3. The average molecular weight is 411 g/mol. The van der Waals surface area contributed by atoms with Crippen LogP contribution in [-0.4, -0.2) is 48.0 Å². The van der Waals surface area contributed by atoms with Gasteiger partial charge in [-0.3, -0.25) is 14.3 Å². The van der Waals surface area contributed by atoms with Crippen LogP contribution in [0, 0.1) is 25.7 Å². The maximum atomic E-state index is 13.2. The molecule has 8 nitrogen and oxygen atoms in total. The van der Waals surface area contributed by atoms with E-state index in [2.05, 4.69) is 5.10 Å². The zero-order valence-electron chi connectivity index (χ0n) is 17.5. The van der Waals surface area contributed by atoms with E-state index < -0.39 is 0 Å². The minimum absolute atomic E-state index is 0.121. The van der Waals surface area contributed by atoms with Crippen LogP contribution in [0.4, 0.5) is 5.69 Å².